The fraction of sp³-hybridized carbons (Fsp3) is 0.375. The van der Waals surface area contributed by atoms with Crippen molar-refractivity contribution < 1.29 is 19.4 Å². The third kappa shape index (κ3) is 1.60. The van der Waals surface area contributed by atoms with E-state index in [4.69, 9.17) is 4.74 Å². The highest BCUT2D eigenvalue weighted by Gasteiger charge is 2.67. The molecule has 1 N–H and O–H groups in total. The molecule has 0 unspecified atom stereocenters. The number of hydrogen-bond donors (Lipinski definition) is 1. The maximum Gasteiger partial charge on any atom is 0.241 e. The Morgan fingerprint density at radius 2 is 2.14 bits per heavy atom. The molecule has 0 saturated carbocycles. The van der Waals surface area contributed by atoms with Crippen molar-refractivity contribution in [1.82, 2.24) is 0 Å². The Hall–Kier alpha value is -1.50. The number of imide groups is 1. The lowest BCUT2D eigenvalue weighted by atomic mass is 9.77. The van der Waals surface area contributed by atoms with Gasteiger partial charge >= 0.3 is 0 Å². The number of rotatable bonds is 2. The van der Waals surface area contributed by atoms with Gasteiger partial charge in [-0.2, -0.15) is 0 Å². The van der Waals surface area contributed by atoms with Crippen LogP contribution in [0.2, 0.25) is 0 Å². The largest absolute Gasteiger partial charge is 0.393 e. The molecule has 0 aromatic heterocycles. The van der Waals surface area contributed by atoms with Crippen molar-refractivity contribution in [1.29, 1.82) is 0 Å². The average Bonchev–Trinajstić information content (AvgIpc) is 3.14. The van der Waals surface area contributed by atoms with E-state index in [1.807, 2.05) is 13.0 Å². The monoisotopic (exact) mass is 363 g/mol. The second kappa shape index (κ2) is 4.50. The van der Waals surface area contributed by atoms with Gasteiger partial charge in [0.2, 0.25) is 11.8 Å². The van der Waals surface area contributed by atoms with Crippen LogP contribution in [0.3, 0.4) is 0 Å². The second-order valence-electron chi connectivity index (χ2n) is 6.00. The van der Waals surface area contributed by atoms with Gasteiger partial charge in [0.1, 0.15) is 5.60 Å². The van der Waals surface area contributed by atoms with E-state index in [0.29, 0.717) is 5.69 Å². The molecule has 2 amide bonds. The minimum atomic E-state index is -1.04. The first-order chi connectivity index (χ1) is 10.5. The third-order valence-electron chi connectivity index (χ3n) is 4.82. The summed E-state index contributed by atoms with van der Waals surface area (Å²) in [5, 5.41) is 9.67. The van der Waals surface area contributed by atoms with Crippen molar-refractivity contribution in [3.05, 3.63) is 40.4 Å². The summed E-state index contributed by atoms with van der Waals surface area (Å²) in [6.07, 6.45) is 3.07. The third-order valence-corrected chi connectivity index (χ3v) is 5.67. The molecule has 0 radical (unpaired) electrons. The maximum atomic E-state index is 12.8. The van der Waals surface area contributed by atoms with E-state index in [-0.39, 0.29) is 18.4 Å². The Kier molecular flexibility index (Phi) is 2.89. The number of ether oxygens (including phenoxy) is 1. The van der Waals surface area contributed by atoms with Crippen LogP contribution in [-0.2, 0) is 14.3 Å². The Morgan fingerprint density at radius 1 is 1.36 bits per heavy atom. The van der Waals surface area contributed by atoms with Crippen molar-refractivity contribution in [2.24, 2.45) is 11.8 Å². The number of nitrogens with zero attached hydrogens (tertiary/aromatic N) is 1. The zero-order valence-electron chi connectivity index (χ0n) is 11.8. The summed E-state index contributed by atoms with van der Waals surface area (Å²) in [6, 6.07) is 5.39. The number of anilines is 1. The summed E-state index contributed by atoms with van der Waals surface area (Å²) in [4.78, 5) is 26.8. The molecule has 3 heterocycles. The molecule has 114 valence electrons. The van der Waals surface area contributed by atoms with Crippen molar-refractivity contribution >= 4 is 33.4 Å². The van der Waals surface area contributed by atoms with Crippen molar-refractivity contribution in [2.45, 2.75) is 18.6 Å². The summed E-state index contributed by atoms with van der Waals surface area (Å²) in [5.74, 6) is -1.73. The zero-order valence-corrected chi connectivity index (χ0v) is 13.4. The molecule has 5 nitrogen and oxygen atoms in total. The molecular weight excluding hydrogens is 350 g/mol. The van der Waals surface area contributed by atoms with Gasteiger partial charge in [-0.05, 0) is 24.6 Å². The predicted molar refractivity (Wildman–Crippen MR) is 82.2 cm³/mol. The van der Waals surface area contributed by atoms with Gasteiger partial charge in [0.05, 0.1) is 30.2 Å². The summed E-state index contributed by atoms with van der Waals surface area (Å²) < 4.78 is 6.55. The molecule has 3 aliphatic heterocycles. The van der Waals surface area contributed by atoms with Gasteiger partial charge < -0.3 is 9.84 Å². The molecular formula is C16H14BrNO4. The highest BCUT2D eigenvalue weighted by molar-refractivity contribution is 9.10. The minimum Gasteiger partial charge on any atom is -0.393 e. The molecule has 4 atom stereocenters. The number of aryl methyl sites for hydroxylation is 1. The smallest absolute Gasteiger partial charge is 0.241 e. The Morgan fingerprint density at radius 3 is 2.82 bits per heavy atom. The lowest BCUT2D eigenvalue weighted by molar-refractivity contribution is -0.128. The number of benzene rings is 1. The summed E-state index contributed by atoms with van der Waals surface area (Å²) in [6.45, 7) is 1.64. The number of aliphatic hydroxyl groups excluding tert-OH is 1. The molecule has 1 aromatic rings. The Bertz CT molecular complexity index is 731. The zero-order chi connectivity index (χ0) is 15.6. The van der Waals surface area contributed by atoms with Crippen LogP contribution in [0, 0.1) is 18.8 Å². The van der Waals surface area contributed by atoms with Crippen LogP contribution in [0.1, 0.15) is 5.56 Å². The molecule has 0 aliphatic carbocycles. The van der Waals surface area contributed by atoms with Crippen LogP contribution in [0.25, 0.3) is 0 Å². The number of aliphatic hydroxyl groups is 1. The van der Waals surface area contributed by atoms with Crippen molar-refractivity contribution in [3.8, 4) is 0 Å². The first-order valence-corrected chi connectivity index (χ1v) is 7.90. The van der Waals surface area contributed by atoms with Crippen molar-refractivity contribution in [3.63, 3.8) is 0 Å². The second-order valence-corrected chi connectivity index (χ2v) is 6.86. The van der Waals surface area contributed by atoms with E-state index >= 15 is 0 Å². The highest BCUT2D eigenvalue weighted by atomic mass is 79.9. The fourth-order valence-electron chi connectivity index (χ4n) is 3.66. The van der Waals surface area contributed by atoms with Gasteiger partial charge in [-0.15, -0.1) is 0 Å². The van der Waals surface area contributed by atoms with Crippen LogP contribution in [0.4, 0.5) is 5.69 Å². The first kappa shape index (κ1) is 14.1. The van der Waals surface area contributed by atoms with Gasteiger partial charge in [0.25, 0.3) is 0 Å². The summed E-state index contributed by atoms with van der Waals surface area (Å²) >= 11 is 3.43. The number of carbonyl (C=O) groups excluding carboxylic acids is 2. The molecule has 2 bridgehead atoms. The molecule has 3 aliphatic rings. The number of carbonyl (C=O) groups is 2. The molecule has 4 rings (SSSR count). The Balaban J connectivity index is 1.77. The number of fused-ring (bicyclic) bond motifs is 5. The van der Waals surface area contributed by atoms with Crippen LogP contribution in [0.5, 0.6) is 0 Å². The first-order valence-electron chi connectivity index (χ1n) is 7.10. The molecule has 2 fully saturated rings. The van der Waals surface area contributed by atoms with Crippen LogP contribution in [-0.4, -0.2) is 35.2 Å². The van der Waals surface area contributed by atoms with Crippen LogP contribution in [0.15, 0.2) is 34.8 Å². The lowest BCUT2D eigenvalue weighted by Gasteiger charge is -2.26. The minimum absolute atomic E-state index is 0.254. The molecule has 0 spiro atoms. The number of amides is 2. The standard InChI is InChI=1S/C16H14BrNO4/c1-8-2-3-9(6-10(8)17)18-14(20)12-11-4-5-16(7-19,22-11)13(12)15(18)21/h2-6,11-13,19H,7H2,1H3/t11-,12+,13-,16+/m1/s1. The van der Waals surface area contributed by atoms with Crippen molar-refractivity contribution in [2.75, 3.05) is 11.5 Å². The normalized spacial score (nSPS) is 35.6. The molecule has 22 heavy (non-hydrogen) atoms. The quantitative estimate of drug-likeness (QED) is 0.639. The van der Waals surface area contributed by atoms with E-state index < -0.39 is 23.5 Å². The van der Waals surface area contributed by atoms with E-state index in [1.54, 1.807) is 24.3 Å². The predicted octanol–water partition coefficient (Wildman–Crippen LogP) is 1.56. The average molecular weight is 364 g/mol. The van der Waals surface area contributed by atoms with Gasteiger partial charge in [-0.3, -0.25) is 9.59 Å². The molecule has 2 saturated heterocycles. The topological polar surface area (TPSA) is 66.8 Å². The summed E-state index contributed by atoms with van der Waals surface area (Å²) in [5.41, 5.74) is 0.535. The summed E-state index contributed by atoms with van der Waals surface area (Å²) in [7, 11) is 0. The van der Waals surface area contributed by atoms with E-state index in [1.165, 1.54) is 4.90 Å². The molecule has 6 heteroatoms. The fourth-order valence-corrected chi connectivity index (χ4v) is 4.03. The van der Waals surface area contributed by atoms with E-state index in [0.717, 1.165) is 10.0 Å². The van der Waals surface area contributed by atoms with Gasteiger partial charge in [0.15, 0.2) is 0 Å². The van der Waals surface area contributed by atoms with Crippen LogP contribution < -0.4 is 4.90 Å². The van der Waals surface area contributed by atoms with E-state index in [2.05, 4.69) is 15.9 Å². The van der Waals surface area contributed by atoms with Gasteiger partial charge in [-0.25, -0.2) is 4.90 Å². The van der Waals surface area contributed by atoms with Gasteiger partial charge in [-0.1, -0.05) is 34.1 Å². The van der Waals surface area contributed by atoms with E-state index in [9.17, 15) is 14.7 Å². The Labute approximate surface area is 135 Å². The maximum absolute atomic E-state index is 12.8. The van der Waals surface area contributed by atoms with Gasteiger partial charge in [0, 0.05) is 4.47 Å². The molecule has 1 aromatic carbocycles. The lowest BCUT2D eigenvalue weighted by Crippen LogP contribution is -2.43. The number of halogens is 1. The number of hydrogen-bond acceptors (Lipinski definition) is 4. The highest BCUT2D eigenvalue weighted by Crippen LogP contribution is 2.52. The van der Waals surface area contributed by atoms with Crippen LogP contribution >= 0.6 is 15.9 Å². The SMILES string of the molecule is Cc1ccc(N2C(=O)[C@H]3[C@H]4C=C[C@@](CO)(O4)[C@H]3C2=O)cc1Br.